The molecule has 2 aromatic rings. The van der Waals surface area contributed by atoms with Crippen molar-refractivity contribution in [3.63, 3.8) is 0 Å². The predicted molar refractivity (Wildman–Crippen MR) is 68.3 cm³/mol. The van der Waals surface area contributed by atoms with Crippen molar-refractivity contribution in [1.82, 2.24) is 0 Å². The highest BCUT2D eigenvalue weighted by Crippen LogP contribution is 2.24. The molecule has 2 aromatic carbocycles. The fourth-order valence-corrected chi connectivity index (χ4v) is 2.03. The van der Waals surface area contributed by atoms with Gasteiger partial charge in [-0.25, -0.2) is 8.78 Å². The molecule has 0 radical (unpaired) electrons. The second kappa shape index (κ2) is 4.86. The quantitative estimate of drug-likeness (QED) is 0.861. The molecule has 0 aliphatic rings. The molecule has 0 aromatic heterocycles. The molecule has 2 rings (SSSR count). The van der Waals surface area contributed by atoms with E-state index in [4.69, 9.17) is 5.73 Å². The molecule has 18 heavy (non-hydrogen) atoms. The summed E-state index contributed by atoms with van der Waals surface area (Å²) in [6.45, 7) is 3.51. The summed E-state index contributed by atoms with van der Waals surface area (Å²) in [6, 6.07) is 8.94. The molecule has 0 aliphatic heterocycles. The smallest absolute Gasteiger partial charge is 0.126 e. The number of halogens is 2. The van der Waals surface area contributed by atoms with Crippen LogP contribution in [0.2, 0.25) is 0 Å². The maximum absolute atomic E-state index is 13.2. The normalized spacial score (nSPS) is 12.5. The van der Waals surface area contributed by atoms with Crippen molar-refractivity contribution in [2.45, 2.75) is 19.9 Å². The van der Waals surface area contributed by atoms with Gasteiger partial charge in [-0.05, 0) is 54.3 Å². The molecule has 1 atom stereocenters. The van der Waals surface area contributed by atoms with E-state index in [2.05, 4.69) is 0 Å². The minimum atomic E-state index is -0.370. The van der Waals surface area contributed by atoms with Gasteiger partial charge in [0.2, 0.25) is 0 Å². The van der Waals surface area contributed by atoms with Crippen LogP contribution >= 0.6 is 0 Å². The van der Waals surface area contributed by atoms with Crippen molar-refractivity contribution < 1.29 is 8.78 Å². The third-order valence-electron chi connectivity index (χ3n) is 3.11. The Balaban J connectivity index is 2.41. The van der Waals surface area contributed by atoms with Gasteiger partial charge in [0, 0.05) is 0 Å². The van der Waals surface area contributed by atoms with Gasteiger partial charge >= 0.3 is 0 Å². The van der Waals surface area contributed by atoms with Crippen molar-refractivity contribution in [1.29, 1.82) is 0 Å². The molecule has 1 unspecified atom stereocenters. The molecule has 94 valence electrons. The van der Waals surface area contributed by atoms with Crippen LogP contribution in [0.4, 0.5) is 8.78 Å². The second-order valence-corrected chi connectivity index (χ2v) is 4.49. The molecule has 0 saturated heterocycles. The topological polar surface area (TPSA) is 26.0 Å². The average Bonchev–Trinajstić information content (AvgIpc) is 2.32. The third kappa shape index (κ3) is 2.41. The molecular weight excluding hydrogens is 232 g/mol. The fraction of sp³-hybridized carbons (Fsp3) is 0.200. The van der Waals surface area contributed by atoms with Gasteiger partial charge in [0.15, 0.2) is 0 Å². The van der Waals surface area contributed by atoms with Gasteiger partial charge in [-0.3, -0.25) is 0 Å². The zero-order valence-corrected chi connectivity index (χ0v) is 10.4. The molecule has 1 nitrogen and oxygen atoms in total. The van der Waals surface area contributed by atoms with E-state index in [9.17, 15) is 8.78 Å². The number of benzene rings is 2. The summed E-state index contributed by atoms with van der Waals surface area (Å²) in [5.41, 5.74) is 9.17. The third-order valence-corrected chi connectivity index (χ3v) is 3.11. The first kappa shape index (κ1) is 12.7. The van der Waals surface area contributed by atoms with Crippen molar-refractivity contribution >= 4 is 0 Å². The van der Waals surface area contributed by atoms with Crippen molar-refractivity contribution in [2.75, 3.05) is 0 Å². The molecule has 0 aliphatic carbocycles. The Morgan fingerprint density at radius 1 is 0.944 bits per heavy atom. The zero-order valence-electron chi connectivity index (χ0n) is 10.4. The lowest BCUT2D eigenvalue weighted by atomic mass is 9.95. The first-order valence-corrected chi connectivity index (χ1v) is 5.76. The predicted octanol–water partition coefficient (Wildman–Crippen LogP) is 3.63. The van der Waals surface area contributed by atoms with E-state index in [0.717, 1.165) is 16.7 Å². The molecule has 0 heterocycles. The van der Waals surface area contributed by atoms with E-state index in [0.29, 0.717) is 5.56 Å². The highest BCUT2D eigenvalue weighted by Gasteiger charge is 2.13. The summed E-state index contributed by atoms with van der Waals surface area (Å²) in [4.78, 5) is 0. The average molecular weight is 247 g/mol. The van der Waals surface area contributed by atoms with Crippen LogP contribution < -0.4 is 5.73 Å². The maximum atomic E-state index is 13.2. The van der Waals surface area contributed by atoms with Gasteiger partial charge in [-0.2, -0.15) is 0 Å². The Labute approximate surface area is 105 Å². The first-order valence-electron chi connectivity index (χ1n) is 5.76. The summed E-state index contributed by atoms with van der Waals surface area (Å²) in [5.74, 6) is -0.527. The maximum Gasteiger partial charge on any atom is 0.126 e. The minimum absolute atomic E-state index is 0.248. The highest BCUT2D eigenvalue weighted by atomic mass is 19.1. The molecule has 2 N–H and O–H groups in total. The molecule has 0 amide bonds. The van der Waals surface area contributed by atoms with Crippen LogP contribution in [-0.4, -0.2) is 0 Å². The van der Waals surface area contributed by atoms with Crippen molar-refractivity contribution in [3.8, 4) is 0 Å². The number of hydrogen-bond donors (Lipinski definition) is 1. The Hall–Kier alpha value is -1.74. The second-order valence-electron chi connectivity index (χ2n) is 4.49. The Kier molecular flexibility index (Phi) is 3.43. The largest absolute Gasteiger partial charge is 0.320 e. The van der Waals surface area contributed by atoms with Crippen LogP contribution in [0.5, 0.6) is 0 Å². The van der Waals surface area contributed by atoms with E-state index in [1.807, 2.05) is 6.92 Å². The summed E-state index contributed by atoms with van der Waals surface area (Å²) in [6.07, 6.45) is 0. The lowest BCUT2D eigenvalue weighted by Gasteiger charge is -2.16. The van der Waals surface area contributed by atoms with Crippen LogP contribution in [0.15, 0.2) is 36.4 Å². The Morgan fingerprint density at radius 2 is 1.67 bits per heavy atom. The van der Waals surface area contributed by atoms with E-state index in [1.165, 1.54) is 18.2 Å². The van der Waals surface area contributed by atoms with E-state index >= 15 is 0 Å². The lowest BCUT2D eigenvalue weighted by molar-refractivity contribution is 0.616. The van der Waals surface area contributed by atoms with E-state index in [1.54, 1.807) is 25.1 Å². The first-order chi connectivity index (χ1) is 8.49. The van der Waals surface area contributed by atoms with Crippen LogP contribution in [0.3, 0.4) is 0 Å². The Bertz CT molecular complexity index is 579. The number of nitrogens with two attached hydrogens (primary N) is 1. The van der Waals surface area contributed by atoms with Crippen LogP contribution in [-0.2, 0) is 0 Å². The van der Waals surface area contributed by atoms with Gasteiger partial charge in [0.25, 0.3) is 0 Å². The van der Waals surface area contributed by atoms with Gasteiger partial charge in [0.1, 0.15) is 11.6 Å². The van der Waals surface area contributed by atoms with E-state index < -0.39 is 0 Å². The van der Waals surface area contributed by atoms with Crippen LogP contribution in [0.1, 0.15) is 28.3 Å². The molecule has 0 bridgehead atoms. The standard InChI is InChI=1S/C15H15F2N/c1-9-8-12(16)4-5-13(9)15(18)11-3-6-14(17)10(2)7-11/h3-8,15H,18H2,1-2H3. The molecular formula is C15H15F2N. The molecule has 3 heteroatoms. The van der Waals surface area contributed by atoms with Gasteiger partial charge in [0.05, 0.1) is 6.04 Å². The molecule has 0 spiro atoms. The summed E-state index contributed by atoms with van der Waals surface area (Å²) in [7, 11) is 0. The summed E-state index contributed by atoms with van der Waals surface area (Å²) >= 11 is 0. The van der Waals surface area contributed by atoms with Gasteiger partial charge < -0.3 is 5.73 Å². The summed E-state index contributed by atoms with van der Waals surface area (Å²) in [5, 5.41) is 0. The molecule has 0 fully saturated rings. The number of aryl methyl sites for hydroxylation is 2. The monoisotopic (exact) mass is 247 g/mol. The highest BCUT2D eigenvalue weighted by molar-refractivity contribution is 5.38. The van der Waals surface area contributed by atoms with Crippen LogP contribution in [0.25, 0.3) is 0 Å². The molecule has 0 saturated carbocycles. The van der Waals surface area contributed by atoms with Gasteiger partial charge in [-0.15, -0.1) is 0 Å². The fourth-order valence-electron chi connectivity index (χ4n) is 2.03. The number of rotatable bonds is 2. The SMILES string of the molecule is Cc1cc(C(N)c2ccc(F)cc2C)ccc1F. The zero-order chi connectivity index (χ0) is 13.3. The summed E-state index contributed by atoms with van der Waals surface area (Å²) < 4.78 is 26.2. The minimum Gasteiger partial charge on any atom is -0.320 e. The van der Waals surface area contributed by atoms with E-state index in [-0.39, 0.29) is 17.7 Å². The Morgan fingerprint density at radius 3 is 2.28 bits per heavy atom. The van der Waals surface area contributed by atoms with Crippen LogP contribution in [0, 0.1) is 25.5 Å². The lowest BCUT2D eigenvalue weighted by Crippen LogP contribution is -2.13. The van der Waals surface area contributed by atoms with Gasteiger partial charge in [-0.1, -0.05) is 18.2 Å². The van der Waals surface area contributed by atoms with Crippen molar-refractivity contribution in [2.24, 2.45) is 5.73 Å². The van der Waals surface area contributed by atoms with Crippen molar-refractivity contribution in [3.05, 3.63) is 70.3 Å². The number of hydrogen-bond acceptors (Lipinski definition) is 1.